The lowest BCUT2D eigenvalue weighted by Crippen LogP contribution is -2.39. The van der Waals surface area contributed by atoms with Crippen LogP contribution in [0.1, 0.15) is 25.8 Å². The van der Waals surface area contributed by atoms with Gasteiger partial charge >= 0.3 is 0 Å². The number of rotatable bonds is 7. The van der Waals surface area contributed by atoms with E-state index in [-0.39, 0.29) is 0 Å². The van der Waals surface area contributed by atoms with Crippen molar-refractivity contribution in [2.75, 3.05) is 0 Å². The lowest BCUT2D eigenvalue weighted by molar-refractivity contribution is 0.397. The minimum atomic E-state index is 0.447. The van der Waals surface area contributed by atoms with Crippen LogP contribution in [0.2, 0.25) is 0 Å². The Labute approximate surface area is 115 Å². The van der Waals surface area contributed by atoms with Gasteiger partial charge in [-0.15, -0.1) is 0 Å². The van der Waals surface area contributed by atoms with Crippen molar-refractivity contribution in [3.63, 3.8) is 0 Å². The van der Waals surface area contributed by atoms with Gasteiger partial charge in [0, 0.05) is 31.0 Å². The van der Waals surface area contributed by atoms with Crippen molar-refractivity contribution in [2.45, 2.75) is 45.3 Å². The Morgan fingerprint density at radius 2 is 2.05 bits per heavy atom. The number of imidazole rings is 1. The molecule has 0 aliphatic rings. The molecule has 102 valence electrons. The van der Waals surface area contributed by atoms with Crippen LogP contribution >= 0.6 is 0 Å². The first-order valence-corrected chi connectivity index (χ1v) is 7.03. The molecule has 19 heavy (non-hydrogen) atoms. The molecule has 0 fully saturated rings. The molecule has 1 heterocycles. The summed E-state index contributed by atoms with van der Waals surface area (Å²) in [5.74, 6) is 0. The van der Waals surface area contributed by atoms with Gasteiger partial charge in [-0.05, 0) is 25.3 Å². The van der Waals surface area contributed by atoms with Gasteiger partial charge in [0.2, 0.25) is 0 Å². The van der Waals surface area contributed by atoms with E-state index in [4.69, 9.17) is 0 Å². The molecular weight excluding hydrogens is 234 g/mol. The molecule has 2 unspecified atom stereocenters. The first-order chi connectivity index (χ1) is 9.28. The summed E-state index contributed by atoms with van der Waals surface area (Å²) in [5, 5.41) is 3.70. The molecule has 0 spiro atoms. The Balaban J connectivity index is 1.84. The van der Waals surface area contributed by atoms with E-state index < -0.39 is 0 Å². The highest BCUT2D eigenvalue weighted by molar-refractivity contribution is 5.15. The number of nitrogens with zero attached hydrogens (tertiary/aromatic N) is 2. The molecule has 3 heteroatoms. The zero-order valence-electron chi connectivity index (χ0n) is 11.8. The Morgan fingerprint density at radius 3 is 2.68 bits per heavy atom. The maximum Gasteiger partial charge on any atom is 0.0946 e. The Morgan fingerprint density at radius 1 is 1.26 bits per heavy atom. The van der Waals surface area contributed by atoms with Crippen LogP contribution in [0.25, 0.3) is 0 Å². The predicted octanol–water partition coefficient (Wildman–Crippen LogP) is 2.88. The van der Waals surface area contributed by atoms with Gasteiger partial charge in [0.1, 0.15) is 0 Å². The van der Waals surface area contributed by atoms with Gasteiger partial charge in [-0.1, -0.05) is 37.3 Å². The Bertz CT molecular complexity index is 450. The van der Waals surface area contributed by atoms with Crippen molar-refractivity contribution in [1.29, 1.82) is 0 Å². The van der Waals surface area contributed by atoms with Crippen LogP contribution < -0.4 is 5.32 Å². The van der Waals surface area contributed by atoms with Gasteiger partial charge < -0.3 is 9.88 Å². The van der Waals surface area contributed by atoms with Crippen LogP contribution in [0.3, 0.4) is 0 Å². The van der Waals surface area contributed by atoms with E-state index in [1.165, 1.54) is 5.56 Å². The van der Waals surface area contributed by atoms with E-state index >= 15 is 0 Å². The average Bonchev–Trinajstić information content (AvgIpc) is 2.92. The third-order valence-corrected chi connectivity index (χ3v) is 3.38. The third-order valence-electron chi connectivity index (χ3n) is 3.38. The maximum atomic E-state index is 4.08. The van der Waals surface area contributed by atoms with E-state index in [0.717, 1.165) is 19.4 Å². The zero-order chi connectivity index (χ0) is 13.5. The summed E-state index contributed by atoms with van der Waals surface area (Å²) in [6.07, 6.45) is 7.94. The van der Waals surface area contributed by atoms with E-state index in [2.05, 4.69) is 59.0 Å². The number of hydrogen-bond acceptors (Lipinski definition) is 2. The molecule has 0 saturated heterocycles. The second-order valence-electron chi connectivity index (χ2n) is 5.12. The standard InChI is InChI=1S/C16H23N3/c1-3-16(11-15-7-5-4-6-8-15)18-14(2)12-19-10-9-17-13-19/h4-10,13-14,16,18H,3,11-12H2,1-2H3. The second-order valence-corrected chi connectivity index (χ2v) is 5.12. The van der Waals surface area contributed by atoms with Gasteiger partial charge in [-0.2, -0.15) is 0 Å². The molecule has 0 amide bonds. The van der Waals surface area contributed by atoms with Gasteiger partial charge in [-0.3, -0.25) is 0 Å². The summed E-state index contributed by atoms with van der Waals surface area (Å²) in [7, 11) is 0. The number of benzene rings is 1. The number of hydrogen-bond donors (Lipinski definition) is 1. The lowest BCUT2D eigenvalue weighted by atomic mass is 10.0. The highest BCUT2D eigenvalue weighted by atomic mass is 15.1. The molecule has 2 atom stereocenters. The van der Waals surface area contributed by atoms with Crippen molar-refractivity contribution in [1.82, 2.24) is 14.9 Å². The summed E-state index contributed by atoms with van der Waals surface area (Å²) in [5.41, 5.74) is 1.40. The molecule has 0 saturated carbocycles. The molecule has 3 nitrogen and oxygen atoms in total. The van der Waals surface area contributed by atoms with E-state index in [0.29, 0.717) is 12.1 Å². The van der Waals surface area contributed by atoms with Gasteiger partial charge in [0.05, 0.1) is 6.33 Å². The van der Waals surface area contributed by atoms with Crippen LogP contribution in [0.4, 0.5) is 0 Å². The SMILES string of the molecule is CCC(Cc1ccccc1)NC(C)Cn1ccnc1. The molecule has 0 radical (unpaired) electrons. The molecule has 1 aromatic heterocycles. The first kappa shape index (κ1) is 13.8. The Hall–Kier alpha value is -1.61. The molecule has 0 aliphatic heterocycles. The summed E-state index contributed by atoms with van der Waals surface area (Å²) >= 11 is 0. The van der Waals surface area contributed by atoms with Crippen molar-refractivity contribution in [3.8, 4) is 0 Å². The number of nitrogens with one attached hydrogen (secondary N) is 1. The first-order valence-electron chi connectivity index (χ1n) is 7.03. The van der Waals surface area contributed by atoms with E-state index in [9.17, 15) is 0 Å². The zero-order valence-corrected chi connectivity index (χ0v) is 11.8. The smallest absolute Gasteiger partial charge is 0.0946 e. The van der Waals surface area contributed by atoms with Crippen molar-refractivity contribution in [2.24, 2.45) is 0 Å². The highest BCUT2D eigenvalue weighted by Crippen LogP contribution is 2.07. The van der Waals surface area contributed by atoms with E-state index in [1.807, 2.05) is 18.7 Å². The fourth-order valence-corrected chi connectivity index (χ4v) is 2.39. The van der Waals surface area contributed by atoms with Crippen LogP contribution in [0, 0.1) is 0 Å². The van der Waals surface area contributed by atoms with Crippen LogP contribution in [-0.4, -0.2) is 21.6 Å². The number of aromatic nitrogens is 2. The summed E-state index contributed by atoms with van der Waals surface area (Å²) in [6, 6.07) is 11.7. The molecule has 2 aromatic rings. The average molecular weight is 257 g/mol. The molecule has 1 N–H and O–H groups in total. The van der Waals surface area contributed by atoms with Gasteiger partial charge in [-0.25, -0.2) is 4.98 Å². The quantitative estimate of drug-likeness (QED) is 0.826. The van der Waals surface area contributed by atoms with Crippen molar-refractivity contribution < 1.29 is 0 Å². The van der Waals surface area contributed by atoms with Gasteiger partial charge in [0.15, 0.2) is 0 Å². The Kier molecular flexibility index (Phi) is 5.16. The topological polar surface area (TPSA) is 29.9 Å². The fourth-order valence-electron chi connectivity index (χ4n) is 2.39. The molecular formula is C16H23N3. The minimum Gasteiger partial charge on any atom is -0.336 e. The minimum absolute atomic E-state index is 0.447. The summed E-state index contributed by atoms with van der Waals surface area (Å²) in [4.78, 5) is 4.08. The summed E-state index contributed by atoms with van der Waals surface area (Å²) < 4.78 is 2.12. The van der Waals surface area contributed by atoms with Crippen molar-refractivity contribution in [3.05, 3.63) is 54.6 Å². The fraction of sp³-hybridized carbons (Fsp3) is 0.438. The predicted molar refractivity (Wildman–Crippen MR) is 79.0 cm³/mol. The van der Waals surface area contributed by atoms with Crippen LogP contribution in [-0.2, 0) is 13.0 Å². The normalized spacial score (nSPS) is 14.2. The molecule has 2 rings (SSSR count). The molecule has 0 aliphatic carbocycles. The van der Waals surface area contributed by atoms with Gasteiger partial charge in [0.25, 0.3) is 0 Å². The second kappa shape index (κ2) is 7.10. The third kappa shape index (κ3) is 4.52. The molecule has 1 aromatic carbocycles. The monoisotopic (exact) mass is 257 g/mol. The maximum absolute atomic E-state index is 4.08. The van der Waals surface area contributed by atoms with Crippen LogP contribution in [0.5, 0.6) is 0 Å². The largest absolute Gasteiger partial charge is 0.336 e. The summed E-state index contributed by atoms with van der Waals surface area (Å²) in [6.45, 7) is 5.43. The highest BCUT2D eigenvalue weighted by Gasteiger charge is 2.11. The van der Waals surface area contributed by atoms with E-state index in [1.54, 1.807) is 0 Å². The molecule has 0 bridgehead atoms. The van der Waals surface area contributed by atoms with Crippen LogP contribution in [0.15, 0.2) is 49.1 Å². The lowest BCUT2D eigenvalue weighted by Gasteiger charge is -2.22. The van der Waals surface area contributed by atoms with Crippen molar-refractivity contribution >= 4 is 0 Å².